The molecule has 2 saturated heterocycles. The van der Waals surface area contributed by atoms with Gasteiger partial charge in [-0.25, -0.2) is 0 Å². The van der Waals surface area contributed by atoms with Gasteiger partial charge in [0.25, 0.3) is 11.8 Å². The molecule has 4 amide bonds. The summed E-state index contributed by atoms with van der Waals surface area (Å²) in [6.45, 7) is 4.50. The Hall–Kier alpha value is -4.60. The number of carbonyl (C=O) groups is 4. The predicted molar refractivity (Wildman–Crippen MR) is 130 cm³/mol. The highest BCUT2D eigenvalue weighted by Gasteiger charge is 2.24. The lowest BCUT2D eigenvalue weighted by molar-refractivity contribution is -0.125. The number of amides is 4. The molecular formula is C26H26N2O8. The van der Waals surface area contributed by atoms with E-state index < -0.39 is 0 Å². The van der Waals surface area contributed by atoms with Crippen LogP contribution in [0.25, 0.3) is 12.2 Å². The zero-order valence-electron chi connectivity index (χ0n) is 19.8. The molecule has 0 aliphatic carbocycles. The number of hydrogen-bond acceptors (Lipinski definition) is 8. The van der Waals surface area contributed by atoms with Gasteiger partial charge in [0.15, 0.2) is 23.0 Å². The van der Waals surface area contributed by atoms with E-state index in [1.54, 1.807) is 36.4 Å². The number of nitrogens with one attached hydrogen (secondary N) is 2. The van der Waals surface area contributed by atoms with Crippen LogP contribution in [0.2, 0.25) is 0 Å². The Labute approximate surface area is 207 Å². The summed E-state index contributed by atoms with van der Waals surface area (Å²) >= 11 is 0. The van der Waals surface area contributed by atoms with E-state index in [-0.39, 0.29) is 48.0 Å². The van der Waals surface area contributed by atoms with E-state index in [2.05, 4.69) is 10.6 Å². The predicted octanol–water partition coefficient (Wildman–Crippen LogP) is 2.44. The van der Waals surface area contributed by atoms with Crippen molar-refractivity contribution in [2.24, 2.45) is 0 Å². The largest absolute Gasteiger partial charge is 0.504 e. The summed E-state index contributed by atoms with van der Waals surface area (Å²) < 4.78 is 10.5. The minimum Gasteiger partial charge on any atom is -0.504 e. The molecule has 2 aromatic carbocycles. The van der Waals surface area contributed by atoms with Crippen molar-refractivity contribution in [1.82, 2.24) is 10.6 Å². The molecule has 2 fully saturated rings. The fourth-order valence-electron chi connectivity index (χ4n) is 3.43. The van der Waals surface area contributed by atoms with Crippen LogP contribution < -0.4 is 20.1 Å². The van der Waals surface area contributed by atoms with Crippen LogP contribution in [-0.2, 0) is 19.2 Å². The molecule has 0 atom stereocenters. The Morgan fingerprint density at radius 2 is 1.11 bits per heavy atom. The number of rotatable bonds is 6. The topological polar surface area (TPSA) is 151 Å². The summed E-state index contributed by atoms with van der Waals surface area (Å²) in [7, 11) is 0. The maximum atomic E-state index is 11.4. The van der Waals surface area contributed by atoms with Crippen LogP contribution in [0.3, 0.4) is 0 Å². The molecule has 0 unspecified atom stereocenters. The average Bonchev–Trinajstić information content (AvgIpc) is 3.32. The average molecular weight is 495 g/mol. The highest BCUT2D eigenvalue weighted by molar-refractivity contribution is 6.16. The summed E-state index contributed by atoms with van der Waals surface area (Å²) in [4.78, 5) is 44.9. The van der Waals surface area contributed by atoms with E-state index in [1.165, 1.54) is 12.1 Å². The lowest BCUT2D eigenvalue weighted by Crippen LogP contribution is -2.19. The van der Waals surface area contributed by atoms with Crippen LogP contribution in [0.15, 0.2) is 47.5 Å². The van der Waals surface area contributed by atoms with Gasteiger partial charge in [0.05, 0.1) is 26.1 Å². The van der Waals surface area contributed by atoms with Gasteiger partial charge >= 0.3 is 0 Å². The molecule has 10 nitrogen and oxygen atoms in total. The summed E-state index contributed by atoms with van der Waals surface area (Å²) in [6.07, 6.45) is 3.40. The standard InChI is InChI=1S/2C13H13NO4/c2*1-2-18-11-6-8(3-4-10(11)15)5-9-7-12(16)14-13(9)17/h2*3-6,15H,2,7H2,1H3,(H,14,16,17)/b2*9-5+. The molecule has 2 aromatic rings. The maximum absolute atomic E-state index is 11.4. The summed E-state index contributed by atoms with van der Waals surface area (Å²) in [5, 5.41) is 23.5. The van der Waals surface area contributed by atoms with Gasteiger partial charge in [-0.2, -0.15) is 0 Å². The normalized spacial score (nSPS) is 17.1. The van der Waals surface area contributed by atoms with Gasteiger partial charge in [0.2, 0.25) is 11.8 Å². The van der Waals surface area contributed by atoms with Crippen LogP contribution in [-0.4, -0.2) is 47.1 Å². The Balaban J connectivity index is 0.000000201. The second-order valence-electron chi connectivity index (χ2n) is 7.77. The van der Waals surface area contributed by atoms with Crippen LogP contribution in [0.5, 0.6) is 23.0 Å². The fraction of sp³-hybridized carbons (Fsp3) is 0.231. The molecule has 0 radical (unpaired) electrons. The molecule has 4 rings (SSSR count). The van der Waals surface area contributed by atoms with E-state index in [0.29, 0.717) is 47.0 Å². The second kappa shape index (κ2) is 11.7. The lowest BCUT2D eigenvalue weighted by atomic mass is 10.1. The molecule has 0 bridgehead atoms. The van der Waals surface area contributed by atoms with Crippen molar-refractivity contribution < 1.29 is 38.9 Å². The van der Waals surface area contributed by atoms with Gasteiger partial charge in [-0.3, -0.25) is 29.8 Å². The monoisotopic (exact) mass is 494 g/mol. The van der Waals surface area contributed by atoms with Gasteiger partial charge in [-0.1, -0.05) is 12.1 Å². The number of imide groups is 2. The molecule has 188 valence electrons. The van der Waals surface area contributed by atoms with E-state index in [0.717, 1.165) is 0 Å². The first kappa shape index (κ1) is 26.0. The van der Waals surface area contributed by atoms with Crippen LogP contribution in [0.4, 0.5) is 0 Å². The van der Waals surface area contributed by atoms with Gasteiger partial charge < -0.3 is 19.7 Å². The Morgan fingerprint density at radius 3 is 1.42 bits per heavy atom. The van der Waals surface area contributed by atoms with E-state index >= 15 is 0 Å². The van der Waals surface area contributed by atoms with Gasteiger partial charge in [0.1, 0.15) is 0 Å². The van der Waals surface area contributed by atoms with Crippen molar-refractivity contribution >= 4 is 35.8 Å². The van der Waals surface area contributed by atoms with Gasteiger partial charge in [-0.15, -0.1) is 0 Å². The SMILES string of the molecule is CCOc1cc(/C=C2\CC(=O)NC2=O)ccc1O.CCOc1cc(/C=C2\CC(=O)NC2=O)ccc1O. The van der Waals surface area contributed by atoms with E-state index in [9.17, 15) is 29.4 Å². The summed E-state index contributed by atoms with van der Waals surface area (Å²) in [5.41, 5.74) is 2.23. The van der Waals surface area contributed by atoms with Crippen molar-refractivity contribution in [2.75, 3.05) is 13.2 Å². The Morgan fingerprint density at radius 1 is 0.722 bits per heavy atom. The number of aromatic hydroxyl groups is 2. The first-order valence-electron chi connectivity index (χ1n) is 11.2. The summed E-state index contributed by atoms with van der Waals surface area (Å²) in [5.74, 6) is -0.521. The van der Waals surface area contributed by atoms with Crippen LogP contribution in [0.1, 0.15) is 37.8 Å². The number of phenols is 2. The zero-order chi connectivity index (χ0) is 26.2. The highest BCUT2D eigenvalue weighted by atomic mass is 16.5. The van der Waals surface area contributed by atoms with Crippen molar-refractivity contribution in [3.63, 3.8) is 0 Å². The third kappa shape index (κ3) is 6.72. The van der Waals surface area contributed by atoms with Crippen LogP contribution in [0, 0.1) is 0 Å². The number of phenolic OH excluding ortho intramolecular Hbond substituents is 2. The number of carbonyl (C=O) groups excluding carboxylic acids is 4. The van der Waals surface area contributed by atoms with Crippen LogP contribution >= 0.6 is 0 Å². The van der Waals surface area contributed by atoms with Crippen molar-refractivity contribution in [1.29, 1.82) is 0 Å². The quantitative estimate of drug-likeness (QED) is 0.353. The molecule has 0 saturated carbocycles. The minimum atomic E-state index is -0.369. The molecule has 2 aliphatic rings. The summed E-state index contributed by atoms with van der Waals surface area (Å²) in [6, 6.07) is 9.55. The molecule has 10 heteroatoms. The molecule has 2 aliphatic heterocycles. The van der Waals surface area contributed by atoms with Crippen molar-refractivity contribution in [3.8, 4) is 23.0 Å². The van der Waals surface area contributed by atoms with E-state index in [4.69, 9.17) is 9.47 Å². The first-order chi connectivity index (χ1) is 17.2. The molecule has 2 heterocycles. The Kier molecular flexibility index (Phi) is 8.45. The second-order valence-corrected chi connectivity index (χ2v) is 7.77. The molecule has 0 aromatic heterocycles. The molecule has 4 N–H and O–H groups in total. The first-order valence-corrected chi connectivity index (χ1v) is 11.2. The van der Waals surface area contributed by atoms with Crippen molar-refractivity contribution in [2.45, 2.75) is 26.7 Å². The third-order valence-electron chi connectivity index (χ3n) is 5.04. The fourth-order valence-corrected chi connectivity index (χ4v) is 3.43. The molecule has 0 spiro atoms. The van der Waals surface area contributed by atoms with Gasteiger partial charge in [0, 0.05) is 11.1 Å². The highest BCUT2D eigenvalue weighted by Crippen LogP contribution is 2.29. The smallest absolute Gasteiger partial charge is 0.254 e. The number of hydrogen-bond donors (Lipinski definition) is 4. The third-order valence-corrected chi connectivity index (χ3v) is 5.04. The minimum absolute atomic E-state index is 0.0472. The van der Waals surface area contributed by atoms with Crippen molar-refractivity contribution in [3.05, 3.63) is 58.7 Å². The molecule has 36 heavy (non-hydrogen) atoms. The number of benzene rings is 2. The van der Waals surface area contributed by atoms with E-state index in [1.807, 2.05) is 13.8 Å². The number of ether oxygens (including phenoxy) is 2. The zero-order valence-corrected chi connectivity index (χ0v) is 19.8. The molecular weight excluding hydrogens is 468 g/mol. The van der Waals surface area contributed by atoms with Gasteiger partial charge in [-0.05, 0) is 61.4 Å². The Bertz CT molecular complexity index is 1170. The lowest BCUT2D eigenvalue weighted by Gasteiger charge is -2.06. The maximum Gasteiger partial charge on any atom is 0.254 e.